The van der Waals surface area contributed by atoms with Crippen molar-refractivity contribution in [2.45, 2.75) is 45.8 Å². The molecule has 19 heavy (non-hydrogen) atoms. The van der Waals surface area contributed by atoms with Gasteiger partial charge >= 0.3 is 0 Å². The minimum Gasteiger partial charge on any atom is -0.384 e. The number of aliphatic hydroxyl groups is 1. The van der Waals surface area contributed by atoms with Crippen LogP contribution >= 0.6 is 27.3 Å². The highest BCUT2D eigenvalue weighted by atomic mass is 79.9. The first kappa shape index (κ1) is 14.8. The Bertz CT molecular complexity index is 546. The van der Waals surface area contributed by atoms with Crippen molar-refractivity contribution in [1.82, 2.24) is 9.78 Å². The van der Waals surface area contributed by atoms with Crippen molar-refractivity contribution >= 4 is 27.3 Å². The Balaban J connectivity index is 2.35. The zero-order valence-corrected chi connectivity index (χ0v) is 13.9. The van der Waals surface area contributed by atoms with Gasteiger partial charge < -0.3 is 5.11 Å². The Kier molecular flexibility index (Phi) is 4.48. The molecule has 0 saturated carbocycles. The highest BCUT2D eigenvalue weighted by Gasteiger charge is 2.28. The Hall–Kier alpha value is -0.650. The summed E-state index contributed by atoms with van der Waals surface area (Å²) in [7, 11) is 0. The van der Waals surface area contributed by atoms with Crippen molar-refractivity contribution in [3.63, 3.8) is 0 Å². The van der Waals surface area contributed by atoms with E-state index < -0.39 is 5.60 Å². The summed E-state index contributed by atoms with van der Waals surface area (Å²) in [6, 6.07) is 3.95. The SMILES string of the molecule is CCc1nn(CC)c(CC(C)(O)c2cccs2)c1Br. The maximum atomic E-state index is 10.7. The van der Waals surface area contributed by atoms with Crippen LogP contribution in [0.5, 0.6) is 0 Å². The van der Waals surface area contributed by atoms with E-state index in [0.29, 0.717) is 6.42 Å². The molecule has 0 aliphatic carbocycles. The predicted octanol–water partition coefficient (Wildman–Crippen LogP) is 3.74. The van der Waals surface area contributed by atoms with Crippen LogP contribution in [0.4, 0.5) is 0 Å². The monoisotopic (exact) mass is 342 g/mol. The zero-order valence-electron chi connectivity index (χ0n) is 11.5. The van der Waals surface area contributed by atoms with Crippen LogP contribution in [-0.4, -0.2) is 14.9 Å². The van der Waals surface area contributed by atoms with Crippen molar-refractivity contribution in [1.29, 1.82) is 0 Å². The molecule has 0 aliphatic rings. The van der Waals surface area contributed by atoms with E-state index >= 15 is 0 Å². The van der Waals surface area contributed by atoms with E-state index in [2.05, 4.69) is 34.9 Å². The standard InChI is InChI=1S/C14H19BrN2OS/c1-4-10-13(15)11(17(5-2)16-10)9-14(3,18)12-7-6-8-19-12/h6-8,18H,4-5,9H2,1-3H3. The van der Waals surface area contributed by atoms with Gasteiger partial charge in [-0.1, -0.05) is 13.0 Å². The molecule has 2 aromatic heterocycles. The van der Waals surface area contributed by atoms with Gasteiger partial charge in [0.25, 0.3) is 0 Å². The lowest BCUT2D eigenvalue weighted by Gasteiger charge is -2.22. The summed E-state index contributed by atoms with van der Waals surface area (Å²) in [5.41, 5.74) is 1.27. The van der Waals surface area contributed by atoms with Gasteiger partial charge in [0.05, 0.1) is 15.9 Å². The highest BCUT2D eigenvalue weighted by Crippen LogP contribution is 2.32. The third-order valence-corrected chi connectivity index (χ3v) is 5.30. The van der Waals surface area contributed by atoms with Crippen molar-refractivity contribution in [3.05, 3.63) is 38.3 Å². The van der Waals surface area contributed by atoms with Gasteiger partial charge in [-0.05, 0) is 47.6 Å². The van der Waals surface area contributed by atoms with Gasteiger partial charge in [-0.2, -0.15) is 5.10 Å². The Morgan fingerprint density at radius 1 is 1.47 bits per heavy atom. The molecule has 0 radical (unpaired) electrons. The second-order valence-electron chi connectivity index (χ2n) is 4.80. The second kappa shape index (κ2) is 5.77. The van der Waals surface area contributed by atoms with E-state index in [1.165, 1.54) is 0 Å². The van der Waals surface area contributed by atoms with Gasteiger partial charge in [0, 0.05) is 17.8 Å². The summed E-state index contributed by atoms with van der Waals surface area (Å²) in [6.07, 6.45) is 1.46. The summed E-state index contributed by atoms with van der Waals surface area (Å²) in [5, 5.41) is 17.3. The largest absolute Gasteiger partial charge is 0.384 e. The Morgan fingerprint density at radius 2 is 2.21 bits per heavy atom. The van der Waals surface area contributed by atoms with Gasteiger partial charge in [0.15, 0.2) is 0 Å². The van der Waals surface area contributed by atoms with Crippen molar-refractivity contribution < 1.29 is 5.11 Å². The molecule has 0 bridgehead atoms. The van der Waals surface area contributed by atoms with E-state index in [-0.39, 0.29) is 0 Å². The number of nitrogens with zero attached hydrogens (tertiary/aromatic N) is 2. The highest BCUT2D eigenvalue weighted by molar-refractivity contribution is 9.10. The fourth-order valence-corrected chi connectivity index (χ4v) is 3.68. The number of hydrogen-bond acceptors (Lipinski definition) is 3. The fraction of sp³-hybridized carbons (Fsp3) is 0.500. The third kappa shape index (κ3) is 2.93. The van der Waals surface area contributed by atoms with Crippen LogP contribution in [0, 0.1) is 0 Å². The molecule has 2 heterocycles. The first-order chi connectivity index (χ1) is 8.99. The summed E-state index contributed by atoms with van der Waals surface area (Å²) in [4.78, 5) is 0.987. The number of thiophene rings is 1. The average molecular weight is 343 g/mol. The third-order valence-electron chi connectivity index (χ3n) is 3.26. The molecule has 0 aromatic carbocycles. The van der Waals surface area contributed by atoms with Crippen molar-refractivity contribution in [2.75, 3.05) is 0 Å². The molecule has 2 rings (SSSR count). The molecule has 1 unspecified atom stereocenters. The van der Waals surface area contributed by atoms with E-state index in [1.807, 2.05) is 29.1 Å². The van der Waals surface area contributed by atoms with Crippen molar-refractivity contribution in [3.8, 4) is 0 Å². The van der Waals surface area contributed by atoms with Gasteiger partial charge in [-0.25, -0.2) is 0 Å². The summed E-state index contributed by atoms with van der Waals surface area (Å²) in [5.74, 6) is 0. The first-order valence-electron chi connectivity index (χ1n) is 6.50. The maximum absolute atomic E-state index is 10.7. The van der Waals surface area contributed by atoms with Crippen molar-refractivity contribution in [2.24, 2.45) is 0 Å². The average Bonchev–Trinajstić information content (AvgIpc) is 2.99. The molecular weight excluding hydrogens is 324 g/mol. The minimum atomic E-state index is -0.853. The van der Waals surface area contributed by atoms with Crippen LogP contribution in [0.3, 0.4) is 0 Å². The molecule has 1 N–H and O–H groups in total. The molecule has 0 saturated heterocycles. The maximum Gasteiger partial charge on any atom is 0.101 e. The number of hydrogen-bond donors (Lipinski definition) is 1. The zero-order chi connectivity index (χ0) is 14.0. The van der Waals surface area contributed by atoms with Crippen LogP contribution in [0.25, 0.3) is 0 Å². The van der Waals surface area contributed by atoms with Gasteiger partial charge in [-0.15, -0.1) is 11.3 Å². The lowest BCUT2D eigenvalue weighted by atomic mass is 9.98. The molecular formula is C14H19BrN2OS. The molecule has 0 spiro atoms. The van der Waals surface area contributed by atoms with Gasteiger partial charge in [0.2, 0.25) is 0 Å². The van der Waals surface area contributed by atoms with Crippen LogP contribution in [-0.2, 0) is 25.0 Å². The van der Waals surface area contributed by atoms with E-state index in [4.69, 9.17) is 0 Å². The fourth-order valence-electron chi connectivity index (χ4n) is 2.18. The quantitative estimate of drug-likeness (QED) is 0.898. The van der Waals surface area contributed by atoms with Crippen LogP contribution in [0.15, 0.2) is 22.0 Å². The smallest absolute Gasteiger partial charge is 0.101 e. The second-order valence-corrected chi connectivity index (χ2v) is 6.55. The summed E-state index contributed by atoms with van der Waals surface area (Å²) in [6.45, 7) is 6.84. The molecule has 0 aliphatic heterocycles. The van der Waals surface area contributed by atoms with Crippen LogP contribution < -0.4 is 0 Å². The van der Waals surface area contributed by atoms with Gasteiger partial charge in [0.1, 0.15) is 5.60 Å². The molecule has 104 valence electrons. The number of aryl methyl sites for hydroxylation is 2. The molecule has 1 atom stereocenters. The summed E-state index contributed by atoms with van der Waals surface area (Å²) >= 11 is 5.21. The molecule has 0 fully saturated rings. The number of rotatable bonds is 5. The Morgan fingerprint density at radius 3 is 2.74 bits per heavy atom. The molecule has 2 aromatic rings. The summed E-state index contributed by atoms with van der Waals surface area (Å²) < 4.78 is 3.01. The van der Waals surface area contributed by atoms with E-state index in [9.17, 15) is 5.11 Å². The molecule has 5 heteroatoms. The van der Waals surface area contributed by atoms with Gasteiger partial charge in [-0.3, -0.25) is 4.68 Å². The Labute approximate surface area is 126 Å². The number of halogens is 1. The topological polar surface area (TPSA) is 38.0 Å². The lowest BCUT2D eigenvalue weighted by Crippen LogP contribution is -2.24. The van der Waals surface area contributed by atoms with E-state index in [0.717, 1.165) is 33.7 Å². The molecule has 0 amide bonds. The molecule has 3 nitrogen and oxygen atoms in total. The van der Waals surface area contributed by atoms with Crippen LogP contribution in [0.2, 0.25) is 0 Å². The predicted molar refractivity (Wildman–Crippen MR) is 82.6 cm³/mol. The van der Waals surface area contributed by atoms with Crippen LogP contribution in [0.1, 0.15) is 37.0 Å². The van der Waals surface area contributed by atoms with E-state index in [1.54, 1.807) is 11.3 Å². The number of aromatic nitrogens is 2. The lowest BCUT2D eigenvalue weighted by molar-refractivity contribution is 0.0590. The minimum absolute atomic E-state index is 0.564. The first-order valence-corrected chi connectivity index (χ1v) is 8.17. The normalized spacial score (nSPS) is 14.6.